The number of H-pyrrole nitrogens is 1. The van der Waals surface area contributed by atoms with Gasteiger partial charge in [0.25, 0.3) is 0 Å². The molecule has 0 saturated heterocycles. The van der Waals surface area contributed by atoms with Crippen molar-refractivity contribution in [3.05, 3.63) is 58.5 Å². The Morgan fingerprint density at radius 1 is 0.857 bits per heavy atom. The van der Waals surface area contributed by atoms with Crippen molar-refractivity contribution in [1.29, 1.82) is 0 Å². The van der Waals surface area contributed by atoms with Gasteiger partial charge in [0, 0.05) is 11.7 Å². The van der Waals surface area contributed by atoms with Gasteiger partial charge in [-0.15, -0.1) is 0 Å². The molecule has 3 rings (SSSR count). The molecule has 2 heterocycles. The second kappa shape index (κ2) is 4.85. The Kier molecular flexibility index (Phi) is 3.23. The van der Waals surface area contributed by atoms with Crippen LogP contribution in [-0.4, -0.2) is 19.5 Å². The van der Waals surface area contributed by atoms with Gasteiger partial charge < -0.3 is 4.98 Å². The maximum atomic E-state index is 3.12. The molecule has 0 radical (unpaired) electrons. The van der Waals surface area contributed by atoms with Crippen LogP contribution in [0.1, 0.15) is 0 Å². The van der Waals surface area contributed by atoms with Crippen LogP contribution >= 0.6 is 0 Å². The molecule has 0 saturated carbocycles. The van der Waals surface area contributed by atoms with Crippen LogP contribution in [0, 0.1) is 0 Å². The summed E-state index contributed by atoms with van der Waals surface area (Å²) in [6.07, 6.45) is 1.95. The van der Waals surface area contributed by atoms with Gasteiger partial charge in [0.05, 0.1) is 0 Å². The zero-order chi connectivity index (χ0) is 9.64. The summed E-state index contributed by atoms with van der Waals surface area (Å²) in [5.41, 5.74) is 1.21. The van der Waals surface area contributed by atoms with Crippen molar-refractivity contribution < 1.29 is 0 Å². The molecule has 3 aromatic rings. The molecule has 70 valence electrons. The number of hydrogen-bond donors (Lipinski definition) is 1. The molecule has 1 aromatic carbocycles. The number of aromatic nitrogens is 1. The molecule has 1 nitrogen and oxygen atoms in total. The van der Waals surface area contributed by atoms with Crippen LogP contribution in [0.3, 0.4) is 0 Å². The fraction of sp³-hybridized carbons (Fsp3) is 0. The molecule has 0 unspecified atom stereocenters. The molecule has 1 N–H and O–H groups in total. The first-order valence-electron chi connectivity index (χ1n) is 4.46. The number of hydrogen-bond acceptors (Lipinski definition) is 0. The first-order chi connectivity index (χ1) is 6.97. The van der Waals surface area contributed by atoms with Gasteiger partial charge in [-0.05, 0) is 17.5 Å². The van der Waals surface area contributed by atoms with Gasteiger partial charge in [-0.1, -0.05) is 18.2 Å². The second-order valence-electron chi connectivity index (χ2n) is 2.86. The standard InChI is InChI=1S/C8H7N.C4H4Se/c1-2-4-8-7(3-1)5-6-9-8;1-2-4-5-3-1/h1-6,9H;1-4H. The molecular weight excluding hydrogens is 237 g/mol. The van der Waals surface area contributed by atoms with Crippen molar-refractivity contribution in [2.75, 3.05) is 0 Å². The molecule has 0 spiro atoms. The van der Waals surface area contributed by atoms with E-state index < -0.39 is 0 Å². The Hall–Kier alpha value is -1.24. The number of rotatable bonds is 0. The van der Waals surface area contributed by atoms with Crippen LogP contribution in [0.5, 0.6) is 0 Å². The molecule has 2 heteroatoms. The van der Waals surface area contributed by atoms with Crippen molar-refractivity contribution in [2.24, 2.45) is 0 Å². The van der Waals surface area contributed by atoms with Gasteiger partial charge in [0.15, 0.2) is 0 Å². The van der Waals surface area contributed by atoms with Crippen molar-refractivity contribution in [3.8, 4) is 0 Å². The van der Waals surface area contributed by atoms with Crippen molar-refractivity contribution >= 4 is 25.4 Å². The summed E-state index contributed by atoms with van der Waals surface area (Å²) in [6, 6.07) is 14.4. The van der Waals surface area contributed by atoms with Crippen LogP contribution in [0.15, 0.2) is 58.5 Å². The molecule has 0 aliphatic rings. The Bertz CT molecular complexity index is 420. The average molecular weight is 248 g/mol. The van der Waals surface area contributed by atoms with E-state index in [1.54, 1.807) is 0 Å². The third-order valence-corrected chi connectivity index (χ3v) is 3.21. The molecule has 0 atom stereocenters. The van der Waals surface area contributed by atoms with Crippen LogP contribution < -0.4 is 0 Å². The SMILES string of the molecule is c1cc[se]c1.c1ccc2[nH]ccc2c1. The number of fused-ring (bicyclic) bond motifs is 1. The van der Waals surface area contributed by atoms with Gasteiger partial charge in [0.1, 0.15) is 0 Å². The maximum Gasteiger partial charge on any atom is 0.0453 e. The first kappa shape index (κ1) is 9.32. The van der Waals surface area contributed by atoms with Crippen molar-refractivity contribution in [3.63, 3.8) is 0 Å². The normalized spacial score (nSPS) is 9.43. The summed E-state index contributed by atoms with van der Waals surface area (Å²) in [7, 11) is 0. The zero-order valence-corrected chi connectivity index (χ0v) is 9.39. The predicted molar refractivity (Wildman–Crippen MR) is 61.7 cm³/mol. The summed E-state index contributed by atoms with van der Waals surface area (Å²) in [5.74, 6) is 0. The minimum absolute atomic E-state index is 0.708. The van der Waals surface area contributed by atoms with Gasteiger partial charge >= 0.3 is 36.5 Å². The van der Waals surface area contributed by atoms with E-state index in [2.05, 4.69) is 45.2 Å². The van der Waals surface area contributed by atoms with E-state index in [1.165, 1.54) is 10.9 Å². The average Bonchev–Trinajstić information content (AvgIpc) is 2.92. The quantitative estimate of drug-likeness (QED) is 0.589. The van der Waals surface area contributed by atoms with E-state index in [4.69, 9.17) is 0 Å². The van der Waals surface area contributed by atoms with Gasteiger partial charge in [-0.3, -0.25) is 0 Å². The molecule has 0 fully saturated rings. The minimum Gasteiger partial charge on any atom is -0.361 e. The molecule has 0 bridgehead atoms. The summed E-state index contributed by atoms with van der Waals surface area (Å²) in [6.45, 7) is 0. The Morgan fingerprint density at radius 3 is 2.29 bits per heavy atom. The Labute approximate surface area is 89.1 Å². The fourth-order valence-corrected chi connectivity index (χ4v) is 2.17. The summed E-state index contributed by atoms with van der Waals surface area (Å²) < 4.78 is 0. The van der Waals surface area contributed by atoms with E-state index in [0.29, 0.717) is 14.5 Å². The maximum absolute atomic E-state index is 3.12. The summed E-state index contributed by atoms with van der Waals surface area (Å²) >= 11 is 0.708. The number of benzene rings is 1. The van der Waals surface area contributed by atoms with E-state index in [-0.39, 0.29) is 0 Å². The van der Waals surface area contributed by atoms with Crippen molar-refractivity contribution in [1.82, 2.24) is 4.98 Å². The van der Waals surface area contributed by atoms with Gasteiger partial charge in [-0.2, -0.15) is 0 Å². The minimum atomic E-state index is 0.708. The topological polar surface area (TPSA) is 15.8 Å². The number of nitrogens with one attached hydrogen (secondary N) is 1. The zero-order valence-electron chi connectivity index (χ0n) is 7.68. The molecule has 14 heavy (non-hydrogen) atoms. The largest absolute Gasteiger partial charge is 0.361 e. The Balaban J connectivity index is 0.000000128. The van der Waals surface area contributed by atoms with Crippen LogP contribution in [0.4, 0.5) is 0 Å². The number of aromatic amines is 1. The smallest absolute Gasteiger partial charge is 0.0453 e. The monoisotopic (exact) mass is 249 g/mol. The van der Waals surface area contributed by atoms with Crippen LogP contribution in [-0.2, 0) is 0 Å². The second-order valence-corrected chi connectivity index (χ2v) is 4.57. The molecule has 2 aromatic heterocycles. The molecular formula is C12H11NSe. The summed E-state index contributed by atoms with van der Waals surface area (Å²) in [5, 5.41) is 1.28. The Morgan fingerprint density at radius 2 is 1.64 bits per heavy atom. The third kappa shape index (κ3) is 2.38. The molecule has 0 amide bonds. The first-order valence-corrected chi connectivity index (χ1v) is 6.44. The van der Waals surface area contributed by atoms with Crippen molar-refractivity contribution in [2.45, 2.75) is 0 Å². The molecule has 0 aliphatic heterocycles. The number of para-hydroxylation sites is 1. The van der Waals surface area contributed by atoms with Gasteiger partial charge in [-0.25, -0.2) is 0 Å². The third-order valence-electron chi connectivity index (χ3n) is 1.89. The van der Waals surface area contributed by atoms with Crippen LogP contribution in [0.25, 0.3) is 10.9 Å². The summed E-state index contributed by atoms with van der Waals surface area (Å²) in [4.78, 5) is 7.49. The predicted octanol–water partition coefficient (Wildman–Crippen LogP) is 2.91. The molecule has 0 aliphatic carbocycles. The van der Waals surface area contributed by atoms with Gasteiger partial charge in [0.2, 0.25) is 0 Å². The fourth-order valence-electron chi connectivity index (χ4n) is 1.22. The van der Waals surface area contributed by atoms with Crippen LogP contribution in [0.2, 0.25) is 0 Å². The van der Waals surface area contributed by atoms with E-state index >= 15 is 0 Å². The van der Waals surface area contributed by atoms with E-state index in [9.17, 15) is 0 Å². The van der Waals surface area contributed by atoms with E-state index in [1.807, 2.05) is 18.3 Å². The van der Waals surface area contributed by atoms with E-state index in [0.717, 1.165) is 0 Å².